The maximum atomic E-state index is 12.3. The number of aliphatic carboxylic acids is 1. The number of anilines is 4. The van der Waals surface area contributed by atoms with Crippen LogP contribution in [-0.2, 0) is 26.0 Å². The maximum absolute atomic E-state index is 12.3. The molecule has 19 heteroatoms. The predicted molar refractivity (Wildman–Crippen MR) is 169 cm³/mol. The lowest BCUT2D eigenvalue weighted by Crippen LogP contribution is -2.61. The molecule has 17 nitrogen and oxygen atoms in total. The number of carbonyl (C=O) groups is 1. The van der Waals surface area contributed by atoms with Crippen LogP contribution in [-0.4, -0.2) is 85.5 Å². The highest BCUT2D eigenvalue weighted by Gasteiger charge is 2.48. The normalized spacial score (nSPS) is 20.8. The van der Waals surface area contributed by atoms with Crippen molar-refractivity contribution in [2.45, 2.75) is 48.9 Å². The Bertz CT molecular complexity index is 1800. The first-order valence-corrected chi connectivity index (χ1v) is 15.5. The van der Waals surface area contributed by atoms with Gasteiger partial charge < -0.3 is 47.1 Å². The zero-order valence-corrected chi connectivity index (χ0v) is 26.1. The number of ether oxygens (including phenoxy) is 2. The highest BCUT2D eigenvalue weighted by atomic mass is 35.5. The van der Waals surface area contributed by atoms with Gasteiger partial charge in [0.2, 0.25) is 18.2 Å². The van der Waals surface area contributed by atoms with Gasteiger partial charge in [0.25, 0.3) is 10.0 Å². The molecule has 2 aromatic carbocycles. The van der Waals surface area contributed by atoms with Crippen LogP contribution in [0.1, 0.15) is 12.6 Å². The average Bonchev–Trinajstić information content (AvgIpc) is 3.02. The van der Waals surface area contributed by atoms with E-state index in [0.717, 1.165) is 35.6 Å². The minimum atomic E-state index is -3.97. The molecule has 1 aliphatic heterocycles. The van der Waals surface area contributed by atoms with Gasteiger partial charge in [-0.1, -0.05) is 30.7 Å². The Morgan fingerprint density at radius 2 is 1.57 bits per heavy atom. The molecule has 5 atom stereocenters. The minimum absolute atomic E-state index is 0.0633. The van der Waals surface area contributed by atoms with Gasteiger partial charge in [-0.05, 0) is 48.4 Å². The largest absolute Gasteiger partial charge is 0.479 e. The van der Waals surface area contributed by atoms with Gasteiger partial charge in [0.1, 0.15) is 24.1 Å². The number of hydrogen-bond donors (Lipinski definition) is 8. The standard InChI is InChI=1S/C16H18N4O9S.C12H13ClN4/c17-7-1-3-9(4-2-7)30(26,27)20-16-18-5-8(6-19-16)28-15-12(23)10(21)11(22)13(29-15)14(24)25;1-2-9-10(11(14)17-12(15)16-9)7-3-5-8(13)6-4-7/h1-6,10-13,15,21-23H,17H2,(H,24,25)(H,18,19,20);3-6H,2H2,1H3,(H4,14,15,16,17). The van der Waals surface area contributed by atoms with Crippen LogP contribution >= 0.6 is 11.6 Å². The number of aromatic nitrogens is 4. The molecular formula is C28H31ClN8O9S. The van der Waals surface area contributed by atoms with Crippen molar-refractivity contribution < 1.29 is 43.1 Å². The molecule has 0 radical (unpaired) electrons. The Labute approximate surface area is 273 Å². The maximum Gasteiger partial charge on any atom is 0.335 e. The third kappa shape index (κ3) is 8.50. The Kier molecular flexibility index (Phi) is 11.0. The van der Waals surface area contributed by atoms with Crippen molar-refractivity contribution in [3.63, 3.8) is 0 Å². The molecule has 0 aliphatic carbocycles. The van der Waals surface area contributed by atoms with E-state index in [9.17, 15) is 28.5 Å². The Morgan fingerprint density at radius 3 is 2.15 bits per heavy atom. The molecule has 1 aliphatic rings. The topological polar surface area (TPSA) is 292 Å². The molecule has 1 fully saturated rings. The number of halogens is 1. The van der Waals surface area contributed by atoms with E-state index in [0.29, 0.717) is 16.5 Å². The first-order chi connectivity index (χ1) is 22.2. The Morgan fingerprint density at radius 1 is 0.957 bits per heavy atom. The van der Waals surface area contributed by atoms with Crippen molar-refractivity contribution in [2.24, 2.45) is 0 Å². The summed E-state index contributed by atoms with van der Waals surface area (Å²) >= 11 is 5.86. The van der Waals surface area contributed by atoms with Gasteiger partial charge in [-0.3, -0.25) is 0 Å². The van der Waals surface area contributed by atoms with E-state index in [2.05, 4.69) is 24.7 Å². The first-order valence-electron chi connectivity index (χ1n) is 13.7. The SMILES string of the molecule is CCc1nc(N)nc(N)c1-c1ccc(Cl)cc1.Nc1ccc(S(=O)(=O)Nc2ncc(OC3OC(C(=O)O)C(O)C(O)C3O)cn2)cc1. The van der Waals surface area contributed by atoms with Crippen LogP contribution in [0.2, 0.25) is 5.02 Å². The lowest BCUT2D eigenvalue weighted by molar-refractivity contribution is -0.271. The van der Waals surface area contributed by atoms with Gasteiger partial charge in [0.15, 0.2) is 11.9 Å². The van der Waals surface area contributed by atoms with Crippen LogP contribution in [0.15, 0.2) is 65.8 Å². The molecule has 5 rings (SSSR count). The molecule has 3 heterocycles. The predicted octanol–water partition coefficient (Wildman–Crippen LogP) is 0.654. The van der Waals surface area contributed by atoms with Gasteiger partial charge in [-0.15, -0.1) is 0 Å². The molecule has 47 heavy (non-hydrogen) atoms. The fourth-order valence-corrected chi connectivity index (χ4v) is 5.36. The van der Waals surface area contributed by atoms with Crippen molar-refractivity contribution >= 4 is 51.0 Å². The van der Waals surface area contributed by atoms with Crippen molar-refractivity contribution in [3.05, 3.63) is 71.6 Å². The number of nitrogens with two attached hydrogens (primary N) is 3. The monoisotopic (exact) mass is 690 g/mol. The van der Waals surface area contributed by atoms with E-state index in [-0.39, 0.29) is 22.5 Å². The second-order valence-electron chi connectivity index (χ2n) is 9.92. The highest BCUT2D eigenvalue weighted by molar-refractivity contribution is 7.92. The summed E-state index contributed by atoms with van der Waals surface area (Å²) in [7, 11) is -3.97. The van der Waals surface area contributed by atoms with Crippen molar-refractivity contribution in [1.29, 1.82) is 0 Å². The van der Waals surface area contributed by atoms with E-state index in [1.165, 1.54) is 24.3 Å². The number of hydrogen-bond acceptors (Lipinski definition) is 15. The summed E-state index contributed by atoms with van der Waals surface area (Å²) in [6.07, 6.45) is -6.12. The van der Waals surface area contributed by atoms with Crippen molar-refractivity contribution in [1.82, 2.24) is 19.9 Å². The molecule has 5 unspecified atom stereocenters. The fraction of sp³-hybridized carbons (Fsp3) is 0.250. The summed E-state index contributed by atoms with van der Waals surface area (Å²) in [5, 5.41) is 39.0. The molecule has 2 aromatic heterocycles. The second-order valence-corrected chi connectivity index (χ2v) is 12.0. The van der Waals surface area contributed by atoms with Crippen LogP contribution in [0.25, 0.3) is 11.1 Å². The van der Waals surface area contributed by atoms with Crippen LogP contribution in [0.5, 0.6) is 5.75 Å². The van der Waals surface area contributed by atoms with Crippen molar-refractivity contribution in [3.8, 4) is 16.9 Å². The molecule has 0 bridgehead atoms. The molecule has 250 valence electrons. The van der Waals surface area contributed by atoms with Crippen molar-refractivity contribution in [2.75, 3.05) is 21.9 Å². The Balaban J connectivity index is 0.000000248. The first kappa shape index (κ1) is 35.0. The molecular weight excluding hydrogens is 660 g/mol. The number of nitrogens with zero attached hydrogens (tertiary/aromatic N) is 4. The van der Waals surface area contributed by atoms with Crippen LogP contribution in [0, 0.1) is 0 Å². The number of nitrogen functional groups attached to an aromatic ring is 3. The van der Waals surface area contributed by atoms with E-state index in [1.54, 1.807) is 0 Å². The number of carboxylic acid groups (broad SMARTS) is 1. The summed E-state index contributed by atoms with van der Waals surface area (Å²) in [5.41, 5.74) is 20.0. The van der Waals surface area contributed by atoms with E-state index >= 15 is 0 Å². The number of nitrogens with one attached hydrogen (secondary N) is 1. The molecule has 0 saturated carbocycles. The summed E-state index contributed by atoms with van der Waals surface area (Å²) in [6, 6.07) is 12.8. The number of aryl methyl sites for hydroxylation is 1. The quantitative estimate of drug-likeness (QED) is 0.118. The number of sulfonamides is 1. The molecule has 11 N–H and O–H groups in total. The van der Waals surface area contributed by atoms with Crippen LogP contribution in [0.4, 0.5) is 23.4 Å². The zero-order chi connectivity index (χ0) is 34.5. The minimum Gasteiger partial charge on any atom is -0.479 e. The van der Waals surface area contributed by atoms with E-state index in [1.807, 2.05) is 31.2 Å². The number of benzene rings is 2. The van der Waals surface area contributed by atoms with Gasteiger partial charge in [-0.2, -0.15) is 4.98 Å². The number of carboxylic acids is 1. The molecule has 4 aromatic rings. The van der Waals surface area contributed by atoms with Gasteiger partial charge in [0.05, 0.1) is 23.0 Å². The summed E-state index contributed by atoms with van der Waals surface area (Å²) < 4.78 is 36.9. The summed E-state index contributed by atoms with van der Waals surface area (Å²) in [5.74, 6) is -1.37. The zero-order valence-electron chi connectivity index (χ0n) is 24.5. The summed E-state index contributed by atoms with van der Waals surface area (Å²) in [6.45, 7) is 2.00. The lowest BCUT2D eigenvalue weighted by atomic mass is 9.99. The van der Waals surface area contributed by atoms with Gasteiger partial charge in [0, 0.05) is 16.3 Å². The van der Waals surface area contributed by atoms with Gasteiger partial charge >= 0.3 is 5.97 Å². The fourth-order valence-electron chi connectivity index (χ4n) is 4.27. The van der Waals surface area contributed by atoms with Crippen LogP contribution < -0.4 is 26.7 Å². The molecule has 0 spiro atoms. The van der Waals surface area contributed by atoms with Crippen LogP contribution in [0.3, 0.4) is 0 Å². The number of rotatable bonds is 8. The van der Waals surface area contributed by atoms with Gasteiger partial charge in [-0.25, -0.2) is 32.9 Å². The summed E-state index contributed by atoms with van der Waals surface area (Å²) in [4.78, 5) is 26.8. The Hall–Kier alpha value is -4.85. The molecule has 0 amide bonds. The van der Waals surface area contributed by atoms with E-state index in [4.69, 9.17) is 43.4 Å². The second kappa shape index (κ2) is 14.7. The number of aliphatic hydroxyl groups excluding tert-OH is 3. The smallest absolute Gasteiger partial charge is 0.335 e. The van der Waals surface area contributed by atoms with E-state index < -0.39 is 46.7 Å². The lowest BCUT2D eigenvalue weighted by Gasteiger charge is -2.38. The third-order valence-corrected chi connectivity index (χ3v) is 8.20. The average molecular weight is 691 g/mol. The number of aliphatic hydroxyl groups is 3. The third-order valence-electron chi connectivity index (χ3n) is 6.61. The molecule has 1 saturated heterocycles. The highest BCUT2D eigenvalue weighted by Crippen LogP contribution is 2.29.